The molecule has 7 nitrogen and oxygen atoms in total. The smallest absolute Gasteiger partial charge is 0.265 e. The summed E-state index contributed by atoms with van der Waals surface area (Å²) in [7, 11) is -3.61. The van der Waals surface area contributed by atoms with Gasteiger partial charge in [0.25, 0.3) is 5.91 Å². The monoisotopic (exact) mass is 322 g/mol. The van der Waals surface area contributed by atoms with E-state index in [1.165, 1.54) is 0 Å². The molecule has 1 aliphatic carbocycles. The van der Waals surface area contributed by atoms with E-state index in [1.807, 2.05) is 18.6 Å². The van der Waals surface area contributed by atoms with Crippen LogP contribution in [0.1, 0.15) is 54.7 Å². The Morgan fingerprint density at radius 1 is 1.41 bits per heavy atom. The van der Waals surface area contributed by atoms with Crippen LogP contribution in [0.25, 0.3) is 11.0 Å². The molecule has 1 aliphatic rings. The summed E-state index contributed by atoms with van der Waals surface area (Å²) >= 11 is 0. The highest BCUT2D eigenvalue weighted by Crippen LogP contribution is 2.40. The third-order valence-corrected chi connectivity index (χ3v) is 4.15. The summed E-state index contributed by atoms with van der Waals surface area (Å²) in [6.07, 6.45) is 4.61. The topological polar surface area (TPSA) is 94.0 Å². The first-order valence-corrected chi connectivity index (χ1v) is 9.05. The molecule has 1 saturated carbocycles. The van der Waals surface area contributed by atoms with Gasteiger partial charge in [-0.15, -0.1) is 0 Å². The number of carbonyl (C=O) groups excluding carboxylic acids is 1. The van der Waals surface area contributed by atoms with Crippen LogP contribution in [0.3, 0.4) is 0 Å². The van der Waals surface area contributed by atoms with Crippen molar-refractivity contribution >= 4 is 27.0 Å². The second-order valence-corrected chi connectivity index (χ2v) is 7.74. The van der Waals surface area contributed by atoms with Crippen molar-refractivity contribution in [1.29, 1.82) is 0 Å². The molecule has 0 unspecified atom stereocenters. The molecular formula is C14H18N4O3S. The molecular weight excluding hydrogens is 304 g/mol. The molecule has 22 heavy (non-hydrogen) atoms. The molecule has 0 atom stereocenters. The number of nitrogens with zero attached hydrogens (tertiary/aromatic N) is 3. The molecule has 3 rings (SSSR count). The predicted molar refractivity (Wildman–Crippen MR) is 82.2 cm³/mol. The van der Waals surface area contributed by atoms with Crippen LogP contribution in [0.2, 0.25) is 0 Å². The van der Waals surface area contributed by atoms with Gasteiger partial charge in [0.15, 0.2) is 5.65 Å². The number of amides is 1. The SMILES string of the molecule is CC(C)n1ncc2c(C(=O)NS(C)(=O)=O)cc(C3CC3)nc21. The standard InChI is InChI=1S/C14H18N4O3S/c1-8(2)18-13-11(7-15-18)10(14(19)17-22(3,20)21)6-12(16-13)9-4-5-9/h6-9H,4-5H2,1-3H3,(H,17,19). The molecule has 1 N–H and O–H groups in total. The number of rotatable bonds is 4. The Kier molecular flexibility index (Phi) is 3.43. The normalized spacial score (nSPS) is 15.5. The van der Waals surface area contributed by atoms with E-state index in [0.29, 0.717) is 22.5 Å². The number of fused-ring (bicyclic) bond motifs is 1. The minimum Gasteiger partial charge on any atom is -0.268 e. The van der Waals surface area contributed by atoms with Gasteiger partial charge < -0.3 is 0 Å². The van der Waals surface area contributed by atoms with Crippen molar-refractivity contribution in [1.82, 2.24) is 19.5 Å². The van der Waals surface area contributed by atoms with Crippen LogP contribution in [0, 0.1) is 0 Å². The second-order valence-electron chi connectivity index (χ2n) is 5.99. The molecule has 0 saturated heterocycles. The zero-order chi connectivity index (χ0) is 16.1. The number of aromatic nitrogens is 3. The molecule has 8 heteroatoms. The van der Waals surface area contributed by atoms with Gasteiger partial charge >= 0.3 is 0 Å². The van der Waals surface area contributed by atoms with Crippen molar-refractivity contribution in [2.45, 2.75) is 38.6 Å². The van der Waals surface area contributed by atoms with Crippen LogP contribution in [-0.4, -0.2) is 35.3 Å². The van der Waals surface area contributed by atoms with E-state index in [-0.39, 0.29) is 6.04 Å². The van der Waals surface area contributed by atoms with Crippen LogP contribution in [0.5, 0.6) is 0 Å². The van der Waals surface area contributed by atoms with Crippen molar-refractivity contribution in [3.8, 4) is 0 Å². The minimum absolute atomic E-state index is 0.102. The van der Waals surface area contributed by atoms with Crippen molar-refractivity contribution in [3.63, 3.8) is 0 Å². The molecule has 2 heterocycles. The summed E-state index contributed by atoms with van der Waals surface area (Å²) in [5.74, 6) is -0.287. The lowest BCUT2D eigenvalue weighted by Crippen LogP contribution is -2.29. The van der Waals surface area contributed by atoms with Gasteiger partial charge in [0, 0.05) is 17.7 Å². The average Bonchev–Trinajstić information content (AvgIpc) is 3.14. The molecule has 0 aliphatic heterocycles. The Morgan fingerprint density at radius 2 is 2.09 bits per heavy atom. The van der Waals surface area contributed by atoms with Gasteiger partial charge in [-0.2, -0.15) is 5.10 Å². The number of nitrogens with one attached hydrogen (secondary N) is 1. The van der Waals surface area contributed by atoms with Crippen molar-refractivity contribution < 1.29 is 13.2 Å². The highest BCUT2D eigenvalue weighted by molar-refractivity contribution is 7.89. The Bertz CT molecular complexity index is 850. The Hall–Kier alpha value is -1.96. The molecule has 0 spiro atoms. The lowest BCUT2D eigenvalue weighted by molar-refractivity contribution is 0.0983. The Labute approximate surface area is 128 Å². The lowest BCUT2D eigenvalue weighted by atomic mass is 10.1. The van der Waals surface area contributed by atoms with E-state index < -0.39 is 15.9 Å². The predicted octanol–water partition coefficient (Wildman–Crippen LogP) is 1.58. The van der Waals surface area contributed by atoms with Gasteiger partial charge in [-0.1, -0.05) is 0 Å². The van der Waals surface area contributed by atoms with E-state index in [1.54, 1.807) is 16.9 Å². The highest BCUT2D eigenvalue weighted by atomic mass is 32.2. The van der Waals surface area contributed by atoms with Crippen LogP contribution in [0.4, 0.5) is 0 Å². The quantitative estimate of drug-likeness (QED) is 0.922. The van der Waals surface area contributed by atoms with Crippen molar-refractivity contribution in [2.75, 3.05) is 6.26 Å². The number of pyridine rings is 1. The van der Waals surface area contributed by atoms with Gasteiger partial charge in [0.05, 0.1) is 23.4 Å². The van der Waals surface area contributed by atoms with Crippen LogP contribution < -0.4 is 4.72 Å². The largest absolute Gasteiger partial charge is 0.268 e. The number of sulfonamides is 1. The average molecular weight is 322 g/mol. The number of hydrogen-bond acceptors (Lipinski definition) is 5. The fraction of sp³-hybridized carbons (Fsp3) is 0.500. The summed E-state index contributed by atoms with van der Waals surface area (Å²) in [4.78, 5) is 16.9. The summed E-state index contributed by atoms with van der Waals surface area (Å²) in [6, 6.07) is 1.79. The van der Waals surface area contributed by atoms with E-state index in [0.717, 1.165) is 24.8 Å². The van der Waals surface area contributed by atoms with Crippen molar-refractivity contribution in [2.24, 2.45) is 0 Å². The molecule has 2 aromatic rings. The fourth-order valence-corrected chi connectivity index (χ4v) is 2.86. The highest BCUT2D eigenvalue weighted by Gasteiger charge is 2.28. The van der Waals surface area contributed by atoms with E-state index >= 15 is 0 Å². The maximum atomic E-state index is 12.3. The molecule has 0 aromatic carbocycles. The number of carbonyl (C=O) groups is 1. The summed E-state index contributed by atoms with van der Waals surface area (Å²) < 4.78 is 26.4. The lowest BCUT2D eigenvalue weighted by Gasteiger charge is -2.10. The summed E-state index contributed by atoms with van der Waals surface area (Å²) in [5, 5.41) is 4.85. The van der Waals surface area contributed by atoms with Gasteiger partial charge in [0.1, 0.15) is 0 Å². The third-order valence-electron chi connectivity index (χ3n) is 3.59. The van der Waals surface area contributed by atoms with Crippen LogP contribution >= 0.6 is 0 Å². The molecule has 118 valence electrons. The maximum Gasteiger partial charge on any atom is 0.265 e. The maximum absolute atomic E-state index is 12.3. The van der Waals surface area contributed by atoms with Crippen molar-refractivity contribution in [3.05, 3.63) is 23.5 Å². The zero-order valence-electron chi connectivity index (χ0n) is 12.7. The third kappa shape index (κ3) is 2.83. The molecule has 1 amide bonds. The van der Waals surface area contributed by atoms with Gasteiger partial charge in [-0.25, -0.2) is 22.8 Å². The Morgan fingerprint density at radius 3 is 2.64 bits per heavy atom. The minimum atomic E-state index is -3.61. The summed E-state index contributed by atoms with van der Waals surface area (Å²) in [6.45, 7) is 3.96. The first-order chi connectivity index (χ1) is 10.3. The Balaban J connectivity index is 2.17. The zero-order valence-corrected chi connectivity index (χ0v) is 13.5. The number of hydrogen-bond donors (Lipinski definition) is 1. The van der Waals surface area contributed by atoms with E-state index in [9.17, 15) is 13.2 Å². The van der Waals surface area contributed by atoms with Crippen LogP contribution in [-0.2, 0) is 10.0 Å². The molecule has 0 radical (unpaired) electrons. The van der Waals surface area contributed by atoms with Gasteiger partial charge in [-0.3, -0.25) is 4.79 Å². The van der Waals surface area contributed by atoms with Crippen LogP contribution in [0.15, 0.2) is 12.3 Å². The summed E-state index contributed by atoms with van der Waals surface area (Å²) in [5.41, 5.74) is 1.76. The molecule has 1 fully saturated rings. The fourth-order valence-electron chi connectivity index (χ4n) is 2.41. The molecule has 2 aromatic heterocycles. The molecule has 0 bridgehead atoms. The van der Waals surface area contributed by atoms with Gasteiger partial charge in [-0.05, 0) is 32.8 Å². The first kappa shape index (κ1) is 15.0. The van der Waals surface area contributed by atoms with E-state index in [4.69, 9.17) is 0 Å². The van der Waals surface area contributed by atoms with E-state index in [2.05, 4.69) is 10.1 Å². The second kappa shape index (κ2) is 5.05. The first-order valence-electron chi connectivity index (χ1n) is 7.16. The van der Waals surface area contributed by atoms with Gasteiger partial charge in [0.2, 0.25) is 10.0 Å².